The summed E-state index contributed by atoms with van der Waals surface area (Å²) in [6, 6.07) is 1.71. The Bertz CT molecular complexity index is 843. The van der Waals surface area contributed by atoms with Gasteiger partial charge in [-0.2, -0.15) is 0 Å². The van der Waals surface area contributed by atoms with E-state index in [2.05, 4.69) is 5.32 Å². The molecule has 5 nitrogen and oxygen atoms in total. The number of nitrogens with one attached hydrogen (secondary N) is 1. The molecule has 2 aliphatic rings. The van der Waals surface area contributed by atoms with Crippen molar-refractivity contribution in [3.63, 3.8) is 0 Å². The highest BCUT2D eigenvalue weighted by molar-refractivity contribution is 6.33. The molecule has 0 radical (unpaired) electrons. The quantitative estimate of drug-likeness (QED) is 0.789. The van der Waals surface area contributed by atoms with Crippen LogP contribution in [0.2, 0.25) is 5.02 Å². The lowest BCUT2D eigenvalue weighted by Gasteiger charge is -2.14. The molecule has 0 bridgehead atoms. The van der Waals surface area contributed by atoms with E-state index >= 15 is 0 Å². The van der Waals surface area contributed by atoms with E-state index in [9.17, 15) is 9.90 Å². The largest absolute Gasteiger partial charge is 0.506 e. The van der Waals surface area contributed by atoms with Gasteiger partial charge >= 0.3 is 5.63 Å². The molecule has 1 fully saturated rings. The van der Waals surface area contributed by atoms with Gasteiger partial charge in [0.1, 0.15) is 11.3 Å². The van der Waals surface area contributed by atoms with Crippen molar-refractivity contribution >= 4 is 35.0 Å². The Labute approximate surface area is 156 Å². The fourth-order valence-corrected chi connectivity index (χ4v) is 3.99. The van der Waals surface area contributed by atoms with Crippen molar-refractivity contribution < 1.29 is 14.3 Å². The van der Waals surface area contributed by atoms with E-state index in [1.807, 2.05) is 0 Å². The van der Waals surface area contributed by atoms with Crippen LogP contribution in [0.15, 0.2) is 15.3 Å². The van der Waals surface area contributed by atoms with Gasteiger partial charge in [-0.15, -0.1) is 12.4 Å². The highest BCUT2D eigenvalue weighted by atomic mass is 35.5. The molecule has 2 N–H and O–H groups in total. The molecule has 1 aromatic carbocycles. The Morgan fingerprint density at radius 2 is 2.08 bits per heavy atom. The standard InChI is InChI=1S/C18H20ClNO4.ClH/c19-15-7-13-11-4-1-5-12(11)18(22)24-17(13)14(16(15)21)9-20-8-10-3-2-6-23-10;/h7,10,20-21H,1-6,8-9H2;1H. The van der Waals surface area contributed by atoms with Gasteiger partial charge in [-0.05, 0) is 43.7 Å². The lowest BCUT2D eigenvalue weighted by Crippen LogP contribution is -2.26. The number of halogens is 2. The molecular formula is C18H21Cl2NO4. The number of hydrogen-bond donors (Lipinski definition) is 2. The highest BCUT2D eigenvalue weighted by Crippen LogP contribution is 2.38. The number of aromatic hydroxyl groups is 1. The topological polar surface area (TPSA) is 71.7 Å². The van der Waals surface area contributed by atoms with Crippen molar-refractivity contribution in [2.45, 2.75) is 44.8 Å². The second kappa shape index (κ2) is 7.54. The number of benzene rings is 1. The number of phenolic OH excluding ortho intramolecular Hbond substituents is 1. The zero-order valence-corrected chi connectivity index (χ0v) is 15.3. The molecule has 0 saturated carbocycles. The van der Waals surface area contributed by atoms with E-state index < -0.39 is 0 Å². The van der Waals surface area contributed by atoms with E-state index in [1.54, 1.807) is 6.07 Å². The zero-order chi connectivity index (χ0) is 16.7. The van der Waals surface area contributed by atoms with Gasteiger partial charge in [0, 0.05) is 30.6 Å². The first-order valence-electron chi connectivity index (χ1n) is 8.46. The molecule has 1 atom stereocenters. The van der Waals surface area contributed by atoms with Gasteiger partial charge in [-0.1, -0.05) is 11.6 Å². The fraction of sp³-hybridized carbons (Fsp3) is 0.500. The Balaban J connectivity index is 0.00000182. The molecule has 1 aliphatic heterocycles. The van der Waals surface area contributed by atoms with E-state index in [0.717, 1.165) is 55.2 Å². The molecule has 4 rings (SSSR count). The molecule has 1 saturated heterocycles. The van der Waals surface area contributed by atoms with Gasteiger partial charge in [0.05, 0.1) is 16.7 Å². The van der Waals surface area contributed by atoms with Crippen molar-refractivity contribution in [3.8, 4) is 5.75 Å². The van der Waals surface area contributed by atoms with Crippen molar-refractivity contribution in [1.29, 1.82) is 0 Å². The van der Waals surface area contributed by atoms with Gasteiger partial charge in [0.2, 0.25) is 0 Å². The number of ether oxygens (including phenoxy) is 1. The number of fused-ring (bicyclic) bond motifs is 3. The molecule has 0 spiro atoms. The minimum absolute atomic E-state index is 0. The number of phenols is 1. The summed E-state index contributed by atoms with van der Waals surface area (Å²) >= 11 is 6.22. The first kappa shape index (κ1) is 18.5. The molecule has 136 valence electrons. The van der Waals surface area contributed by atoms with Gasteiger partial charge in [0.15, 0.2) is 0 Å². The fourth-order valence-electron chi connectivity index (χ4n) is 3.76. The predicted octanol–water partition coefficient (Wildman–Crippen LogP) is 3.33. The number of rotatable bonds is 4. The average Bonchev–Trinajstić information content (AvgIpc) is 3.24. The molecule has 1 aromatic heterocycles. The van der Waals surface area contributed by atoms with Crippen LogP contribution in [0.1, 0.15) is 36.0 Å². The van der Waals surface area contributed by atoms with Gasteiger partial charge in [-0.3, -0.25) is 0 Å². The third kappa shape index (κ3) is 3.38. The van der Waals surface area contributed by atoms with Crippen molar-refractivity contribution in [2.24, 2.45) is 0 Å². The van der Waals surface area contributed by atoms with Crippen LogP contribution in [0.4, 0.5) is 0 Å². The maximum absolute atomic E-state index is 12.2. The van der Waals surface area contributed by atoms with Crippen LogP contribution in [0, 0.1) is 0 Å². The minimum Gasteiger partial charge on any atom is -0.506 e. The zero-order valence-electron chi connectivity index (χ0n) is 13.8. The number of hydrogen-bond acceptors (Lipinski definition) is 5. The lowest BCUT2D eigenvalue weighted by molar-refractivity contribution is 0.110. The van der Waals surface area contributed by atoms with Crippen LogP contribution in [0.5, 0.6) is 5.75 Å². The van der Waals surface area contributed by atoms with Crippen LogP contribution in [0.3, 0.4) is 0 Å². The highest BCUT2D eigenvalue weighted by Gasteiger charge is 2.24. The Morgan fingerprint density at radius 3 is 2.84 bits per heavy atom. The second-order valence-corrected chi connectivity index (χ2v) is 6.94. The summed E-state index contributed by atoms with van der Waals surface area (Å²) in [5, 5.41) is 14.8. The third-order valence-corrected chi connectivity index (χ3v) is 5.27. The summed E-state index contributed by atoms with van der Waals surface area (Å²) in [4.78, 5) is 12.2. The molecule has 2 heterocycles. The Kier molecular flexibility index (Phi) is 5.58. The summed E-state index contributed by atoms with van der Waals surface area (Å²) < 4.78 is 11.1. The third-order valence-electron chi connectivity index (χ3n) is 4.98. The summed E-state index contributed by atoms with van der Waals surface area (Å²) in [6.07, 6.45) is 4.87. The summed E-state index contributed by atoms with van der Waals surface area (Å²) in [6.45, 7) is 1.88. The molecular weight excluding hydrogens is 365 g/mol. The van der Waals surface area contributed by atoms with E-state index in [0.29, 0.717) is 29.3 Å². The molecule has 7 heteroatoms. The molecule has 1 unspecified atom stereocenters. The molecule has 2 aromatic rings. The molecule has 25 heavy (non-hydrogen) atoms. The first-order chi connectivity index (χ1) is 11.6. The SMILES string of the molecule is Cl.O=c1oc2c(CNCC3CCCO3)c(O)c(Cl)cc2c2c1CCC2. The van der Waals surface area contributed by atoms with Crippen molar-refractivity contribution in [1.82, 2.24) is 5.32 Å². The number of aryl methyl sites for hydroxylation is 1. The minimum atomic E-state index is -0.294. The van der Waals surface area contributed by atoms with Crippen LogP contribution < -0.4 is 10.9 Å². The van der Waals surface area contributed by atoms with Gasteiger partial charge in [-0.25, -0.2) is 4.79 Å². The molecule has 0 amide bonds. The summed E-state index contributed by atoms with van der Waals surface area (Å²) in [5.41, 5.74) is 2.47. The van der Waals surface area contributed by atoms with Crippen LogP contribution in [-0.4, -0.2) is 24.4 Å². The van der Waals surface area contributed by atoms with E-state index in [-0.39, 0.29) is 29.9 Å². The Morgan fingerprint density at radius 1 is 1.28 bits per heavy atom. The van der Waals surface area contributed by atoms with Crippen LogP contribution >= 0.6 is 24.0 Å². The van der Waals surface area contributed by atoms with E-state index in [1.165, 1.54) is 0 Å². The predicted molar refractivity (Wildman–Crippen MR) is 99.1 cm³/mol. The smallest absolute Gasteiger partial charge is 0.339 e. The van der Waals surface area contributed by atoms with Crippen LogP contribution in [-0.2, 0) is 24.1 Å². The monoisotopic (exact) mass is 385 g/mol. The molecule has 1 aliphatic carbocycles. The summed E-state index contributed by atoms with van der Waals surface area (Å²) in [7, 11) is 0. The lowest BCUT2D eigenvalue weighted by atomic mass is 10.0. The first-order valence-corrected chi connectivity index (χ1v) is 8.84. The Hall–Kier alpha value is -1.27. The van der Waals surface area contributed by atoms with Gasteiger partial charge in [0.25, 0.3) is 0 Å². The van der Waals surface area contributed by atoms with E-state index in [4.69, 9.17) is 20.8 Å². The van der Waals surface area contributed by atoms with Crippen molar-refractivity contribution in [3.05, 3.63) is 38.2 Å². The van der Waals surface area contributed by atoms with Crippen molar-refractivity contribution in [2.75, 3.05) is 13.2 Å². The normalized spacial score (nSPS) is 19.2. The average molecular weight is 386 g/mol. The second-order valence-electron chi connectivity index (χ2n) is 6.53. The van der Waals surface area contributed by atoms with Crippen LogP contribution in [0.25, 0.3) is 11.0 Å². The maximum Gasteiger partial charge on any atom is 0.339 e. The maximum atomic E-state index is 12.2. The summed E-state index contributed by atoms with van der Waals surface area (Å²) in [5.74, 6) is -0.0231. The van der Waals surface area contributed by atoms with Gasteiger partial charge < -0.3 is 19.6 Å².